The molecular weight excluding hydrogens is 383 g/mol. The summed E-state index contributed by atoms with van der Waals surface area (Å²) < 4.78 is 38.4. The van der Waals surface area contributed by atoms with Gasteiger partial charge >= 0.3 is 6.18 Å². The molecule has 0 saturated carbocycles. The van der Waals surface area contributed by atoms with Crippen molar-refractivity contribution in [3.63, 3.8) is 0 Å². The van der Waals surface area contributed by atoms with Crippen LogP contribution in [0.1, 0.15) is 32.0 Å². The SMILES string of the molecule is Cc1ccccc1NC(=O)c1ccnc(C(=O)Nc2cccc(C(F)(F)F)c2)c1. The van der Waals surface area contributed by atoms with E-state index in [4.69, 9.17) is 0 Å². The summed E-state index contributed by atoms with van der Waals surface area (Å²) in [4.78, 5) is 28.7. The number of carbonyl (C=O) groups excluding carboxylic acids is 2. The molecule has 0 spiro atoms. The maximum absolute atomic E-state index is 12.8. The molecule has 8 heteroatoms. The molecule has 1 heterocycles. The molecule has 3 aromatic rings. The van der Waals surface area contributed by atoms with Gasteiger partial charge in [0, 0.05) is 23.1 Å². The fourth-order valence-corrected chi connectivity index (χ4v) is 2.57. The molecule has 0 aliphatic carbocycles. The van der Waals surface area contributed by atoms with E-state index in [2.05, 4.69) is 15.6 Å². The molecule has 0 saturated heterocycles. The smallest absolute Gasteiger partial charge is 0.322 e. The van der Waals surface area contributed by atoms with E-state index in [1.165, 1.54) is 30.5 Å². The molecule has 0 radical (unpaired) electrons. The van der Waals surface area contributed by atoms with Gasteiger partial charge in [-0.15, -0.1) is 0 Å². The first-order valence-corrected chi connectivity index (χ1v) is 8.56. The van der Waals surface area contributed by atoms with Crippen LogP contribution in [0.15, 0.2) is 66.9 Å². The zero-order valence-electron chi connectivity index (χ0n) is 15.2. The third-order valence-electron chi connectivity index (χ3n) is 4.10. The number of hydrogen-bond donors (Lipinski definition) is 2. The number of para-hydroxylation sites is 1. The molecular formula is C21H16F3N3O2. The normalized spacial score (nSPS) is 11.0. The Labute approximate surface area is 164 Å². The predicted molar refractivity (Wildman–Crippen MR) is 103 cm³/mol. The van der Waals surface area contributed by atoms with Crippen LogP contribution in [0.2, 0.25) is 0 Å². The Hall–Kier alpha value is -3.68. The van der Waals surface area contributed by atoms with E-state index < -0.39 is 23.6 Å². The highest BCUT2D eigenvalue weighted by Gasteiger charge is 2.30. The number of nitrogens with one attached hydrogen (secondary N) is 2. The van der Waals surface area contributed by atoms with E-state index in [-0.39, 0.29) is 16.9 Å². The molecule has 0 atom stereocenters. The van der Waals surface area contributed by atoms with Crippen LogP contribution in [0.25, 0.3) is 0 Å². The van der Waals surface area contributed by atoms with Crippen molar-refractivity contribution in [3.8, 4) is 0 Å². The Morgan fingerprint density at radius 2 is 1.66 bits per heavy atom. The largest absolute Gasteiger partial charge is 0.416 e. The molecule has 148 valence electrons. The van der Waals surface area contributed by atoms with Crippen LogP contribution < -0.4 is 10.6 Å². The lowest BCUT2D eigenvalue weighted by Gasteiger charge is -2.10. The van der Waals surface area contributed by atoms with Crippen molar-refractivity contribution in [1.82, 2.24) is 4.98 Å². The van der Waals surface area contributed by atoms with Crippen molar-refractivity contribution in [2.45, 2.75) is 13.1 Å². The molecule has 0 bridgehead atoms. The number of pyridine rings is 1. The molecule has 0 unspecified atom stereocenters. The molecule has 2 N–H and O–H groups in total. The van der Waals surface area contributed by atoms with Crippen molar-refractivity contribution in [2.24, 2.45) is 0 Å². The number of aromatic nitrogens is 1. The number of alkyl halides is 3. The van der Waals surface area contributed by atoms with Gasteiger partial charge in [0.25, 0.3) is 11.8 Å². The van der Waals surface area contributed by atoms with Gasteiger partial charge in [-0.25, -0.2) is 0 Å². The lowest BCUT2D eigenvalue weighted by atomic mass is 10.1. The third-order valence-corrected chi connectivity index (χ3v) is 4.10. The number of nitrogens with zero attached hydrogens (tertiary/aromatic N) is 1. The minimum Gasteiger partial charge on any atom is -0.322 e. The van der Waals surface area contributed by atoms with Crippen LogP contribution in [-0.4, -0.2) is 16.8 Å². The van der Waals surface area contributed by atoms with Crippen LogP contribution >= 0.6 is 0 Å². The quantitative estimate of drug-likeness (QED) is 0.655. The number of aryl methyl sites for hydroxylation is 1. The summed E-state index contributed by atoms with van der Waals surface area (Å²) >= 11 is 0. The van der Waals surface area contributed by atoms with E-state index in [1.54, 1.807) is 12.1 Å². The summed E-state index contributed by atoms with van der Waals surface area (Å²) in [6.07, 6.45) is -3.24. The Morgan fingerprint density at radius 1 is 0.897 bits per heavy atom. The number of amides is 2. The first kappa shape index (κ1) is 20.1. The first-order valence-electron chi connectivity index (χ1n) is 8.56. The molecule has 1 aromatic heterocycles. The van der Waals surface area contributed by atoms with E-state index in [1.807, 2.05) is 19.1 Å². The minimum atomic E-state index is -4.52. The van der Waals surface area contributed by atoms with Crippen LogP contribution in [0, 0.1) is 6.92 Å². The molecule has 3 rings (SSSR count). The van der Waals surface area contributed by atoms with E-state index in [9.17, 15) is 22.8 Å². The summed E-state index contributed by atoms with van der Waals surface area (Å²) in [6, 6.07) is 14.2. The molecule has 5 nitrogen and oxygen atoms in total. The number of anilines is 2. The molecule has 0 aliphatic heterocycles. The standard InChI is InChI=1S/C21H16F3N3O2/c1-13-5-2-3-8-17(13)27-19(28)14-9-10-25-18(11-14)20(29)26-16-7-4-6-15(12-16)21(22,23)24/h2-12H,1H3,(H,26,29)(H,27,28). The van der Waals surface area contributed by atoms with Crippen molar-refractivity contribution in [3.05, 3.63) is 89.2 Å². The number of carbonyl (C=O) groups is 2. The maximum Gasteiger partial charge on any atom is 0.416 e. The van der Waals surface area contributed by atoms with E-state index >= 15 is 0 Å². The highest BCUT2D eigenvalue weighted by atomic mass is 19.4. The van der Waals surface area contributed by atoms with Gasteiger partial charge in [0.1, 0.15) is 5.69 Å². The van der Waals surface area contributed by atoms with Crippen LogP contribution in [0.3, 0.4) is 0 Å². The maximum atomic E-state index is 12.8. The van der Waals surface area contributed by atoms with Gasteiger partial charge in [-0.1, -0.05) is 24.3 Å². The van der Waals surface area contributed by atoms with Crippen LogP contribution in [0.4, 0.5) is 24.5 Å². The second-order valence-electron chi connectivity index (χ2n) is 6.23. The van der Waals surface area contributed by atoms with Gasteiger partial charge in [-0.3, -0.25) is 14.6 Å². The van der Waals surface area contributed by atoms with Crippen molar-refractivity contribution < 1.29 is 22.8 Å². The molecule has 0 aliphatic rings. The fraction of sp³-hybridized carbons (Fsp3) is 0.0952. The topological polar surface area (TPSA) is 71.1 Å². The van der Waals surface area contributed by atoms with Gasteiger partial charge < -0.3 is 10.6 Å². The number of benzene rings is 2. The fourth-order valence-electron chi connectivity index (χ4n) is 2.57. The lowest BCUT2D eigenvalue weighted by Crippen LogP contribution is -2.17. The second kappa shape index (κ2) is 8.14. The molecule has 0 fully saturated rings. The zero-order chi connectivity index (χ0) is 21.0. The van der Waals surface area contributed by atoms with Crippen molar-refractivity contribution in [1.29, 1.82) is 0 Å². The number of hydrogen-bond acceptors (Lipinski definition) is 3. The average molecular weight is 399 g/mol. The summed E-state index contributed by atoms with van der Waals surface area (Å²) in [6.45, 7) is 1.84. The average Bonchev–Trinajstić information content (AvgIpc) is 2.69. The Kier molecular flexibility index (Phi) is 5.63. The van der Waals surface area contributed by atoms with E-state index in [0.29, 0.717) is 5.69 Å². The third kappa shape index (κ3) is 4.98. The molecule has 29 heavy (non-hydrogen) atoms. The highest BCUT2D eigenvalue weighted by Crippen LogP contribution is 2.30. The zero-order valence-corrected chi connectivity index (χ0v) is 15.2. The number of rotatable bonds is 4. The summed E-state index contributed by atoms with van der Waals surface area (Å²) in [5.74, 6) is -1.16. The monoisotopic (exact) mass is 399 g/mol. The summed E-state index contributed by atoms with van der Waals surface area (Å²) in [5.41, 5.74) is 0.690. The van der Waals surface area contributed by atoms with Gasteiger partial charge in [0.15, 0.2) is 0 Å². The first-order chi connectivity index (χ1) is 13.7. The summed E-state index contributed by atoms with van der Waals surface area (Å²) in [5, 5.41) is 5.11. The highest BCUT2D eigenvalue weighted by molar-refractivity contribution is 6.08. The van der Waals surface area contributed by atoms with Gasteiger partial charge in [-0.05, 0) is 48.9 Å². The lowest BCUT2D eigenvalue weighted by molar-refractivity contribution is -0.137. The van der Waals surface area contributed by atoms with Gasteiger partial charge in [0.2, 0.25) is 0 Å². The summed E-state index contributed by atoms with van der Waals surface area (Å²) in [7, 11) is 0. The molecule has 2 aromatic carbocycles. The van der Waals surface area contributed by atoms with Crippen LogP contribution in [0.5, 0.6) is 0 Å². The van der Waals surface area contributed by atoms with Crippen molar-refractivity contribution >= 4 is 23.2 Å². The Morgan fingerprint density at radius 3 is 2.38 bits per heavy atom. The van der Waals surface area contributed by atoms with Gasteiger partial charge in [-0.2, -0.15) is 13.2 Å². The second-order valence-corrected chi connectivity index (χ2v) is 6.23. The van der Waals surface area contributed by atoms with Gasteiger partial charge in [0.05, 0.1) is 5.56 Å². The Balaban J connectivity index is 1.76. The number of halogens is 3. The Bertz CT molecular complexity index is 1060. The minimum absolute atomic E-state index is 0.0265. The molecule has 2 amide bonds. The predicted octanol–water partition coefficient (Wildman–Crippen LogP) is 4.91. The van der Waals surface area contributed by atoms with Crippen molar-refractivity contribution in [2.75, 3.05) is 10.6 Å². The van der Waals surface area contributed by atoms with E-state index in [0.717, 1.165) is 17.7 Å². The van der Waals surface area contributed by atoms with Crippen LogP contribution in [-0.2, 0) is 6.18 Å².